The number of carbonyl (C=O) groups excluding carboxylic acids is 1. The summed E-state index contributed by atoms with van der Waals surface area (Å²) in [7, 11) is 0. The molecular formula is C33H26N8O. The second-order valence-corrected chi connectivity index (χ2v) is 10.4. The first-order chi connectivity index (χ1) is 20.4. The number of hydrogen-bond donors (Lipinski definition) is 0. The SMILES string of the molecule is Cc1cccc(C)c1N1C(=C/C=c2/cnnc3c2=NC=NC3=O)N(c2c(C)cccc2C)c2nc3ccccc3nc21. The molecule has 0 fully saturated rings. The Kier molecular flexibility index (Phi) is 5.93. The quantitative estimate of drug-likeness (QED) is 0.309. The summed E-state index contributed by atoms with van der Waals surface area (Å²) in [6.45, 7) is 8.41. The first-order valence-corrected chi connectivity index (χ1v) is 13.6. The molecule has 1 amide bonds. The number of nitrogens with zero attached hydrogens (tertiary/aromatic N) is 8. The fraction of sp³-hybridized carbons (Fsp3) is 0.121. The van der Waals surface area contributed by atoms with Crippen molar-refractivity contribution in [3.63, 3.8) is 0 Å². The number of para-hydroxylation sites is 4. The molecule has 42 heavy (non-hydrogen) atoms. The molecule has 3 aromatic carbocycles. The number of aromatic nitrogens is 4. The van der Waals surface area contributed by atoms with Crippen molar-refractivity contribution < 1.29 is 4.79 Å². The molecule has 0 bridgehead atoms. The molecular weight excluding hydrogens is 524 g/mol. The smallest absolute Gasteiger partial charge is 0.276 e. The number of aliphatic imine (C=N–C) groups is 1. The van der Waals surface area contributed by atoms with Crippen LogP contribution in [0.15, 0.2) is 88.7 Å². The van der Waals surface area contributed by atoms with Gasteiger partial charge in [0, 0.05) is 5.22 Å². The Morgan fingerprint density at radius 2 is 1.24 bits per heavy atom. The van der Waals surface area contributed by atoms with Crippen molar-refractivity contribution in [1.82, 2.24) is 20.2 Å². The normalized spacial score (nSPS) is 14.3. The van der Waals surface area contributed by atoms with Crippen molar-refractivity contribution >= 4 is 52.4 Å². The highest BCUT2D eigenvalue weighted by Gasteiger charge is 2.38. The Labute approximate surface area is 241 Å². The standard InChI is InChI=1S/C33H26N8O/c1-19-9-7-10-20(2)29(19)40-26(16-15-23-17-36-39-28-27(23)34-18-35-33(28)42)41(30-21(3)11-8-12-22(30)4)32-31(40)37-24-13-5-6-14-25(24)38-32/h5-18H,1-4H3/b23-15-. The van der Waals surface area contributed by atoms with Crippen molar-refractivity contribution in [2.75, 3.05) is 9.80 Å². The van der Waals surface area contributed by atoms with E-state index in [0.717, 1.165) is 62.1 Å². The number of rotatable bonds is 3. The summed E-state index contributed by atoms with van der Waals surface area (Å²) in [5, 5.41) is 9.14. The lowest BCUT2D eigenvalue weighted by Gasteiger charge is -2.28. The summed E-state index contributed by atoms with van der Waals surface area (Å²) < 4.78 is 0. The maximum absolute atomic E-state index is 12.4. The number of allylic oxidation sites excluding steroid dienone is 1. The zero-order valence-corrected chi connectivity index (χ0v) is 23.6. The van der Waals surface area contributed by atoms with Gasteiger partial charge in [-0.05, 0) is 74.2 Å². The van der Waals surface area contributed by atoms with Gasteiger partial charge in [0.2, 0.25) is 0 Å². The van der Waals surface area contributed by atoms with Gasteiger partial charge in [-0.2, -0.15) is 10.1 Å². The predicted octanol–water partition coefficient (Wildman–Crippen LogP) is 5.07. The minimum Gasteiger partial charge on any atom is -0.276 e. The van der Waals surface area contributed by atoms with Gasteiger partial charge < -0.3 is 0 Å². The molecule has 5 aromatic rings. The van der Waals surface area contributed by atoms with Crippen LogP contribution in [0.25, 0.3) is 17.1 Å². The maximum Gasteiger partial charge on any atom is 0.301 e. The number of aryl methyl sites for hydroxylation is 4. The van der Waals surface area contributed by atoms with Gasteiger partial charge >= 0.3 is 5.91 Å². The summed E-state index contributed by atoms with van der Waals surface area (Å²) in [6, 6.07) is 20.5. The number of carbonyl (C=O) groups is 1. The van der Waals surface area contributed by atoms with Gasteiger partial charge in [-0.25, -0.2) is 15.0 Å². The lowest BCUT2D eigenvalue weighted by atomic mass is 10.1. The zero-order chi connectivity index (χ0) is 29.0. The van der Waals surface area contributed by atoms with Crippen LogP contribution in [0, 0.1) is 27.7 Å². The number of anilines is 4. The van der Waals surface area contributed by atoms with E-state index in [0.29, 0.717) is 10.6 Å². The summed E-state index contributed by atoms with van der Waals surface area (Å²) in [6.07, 6.45) is 6.78. The Balaban J connectivity index is 1.59. The summed E-state index contributed by atoms with van der Waals surface area (Å²) in [4.78, 5) is 35.2. The number of amides is 1. The molecule has 2 aliphatic heterocycles. The van der Waals surface area contributed by atoms with Gasteiger partial charge in [0.1, 0.15) is 17.5 Å². The van der Waals surface area contributed by atoms with Crippen LogP contribution in [0.2, 0.25) is 0 Å². The average Bonchev–Trinajstić information content (AvgIpc) is 3.27. The monoisotopic (exact) mass is 550 g/mol. The predicted molar refractivity (Wildman–Crippen MR) is 164 cm³/mol. The molecule has 9 nitrogen and oxygen atoms in total. The molecule has 0 unspecified atom stereocenters. The summed E-state index contributed by atoms with van der Waals surface area (Å²) in [5.41, 5.74) is 8.21. The van der Waals surface area contributed by atoms with Crippen LogP contribution < -0.4 is 20.4 Å². The molecule has 0 spiro atoms. The van der Waals surface area contributed by atoms with Crippen LogP contribution in [0.4, 0.5) is 23.0 Å². The second-order valence-electron chi connectivity index (χ2n) is 10.4. The third-order valence-electron chi connectivity index (χ3n) is 7.57. The van der Waals surface area contributed by atoms with E-state index in [1.54, 1.807) is 6.20 Å². The number of hydrogen-bond acceptors (Lipinski definition) is 8. The fourth-order valence-electron chi connectivity index (χ4n) is 5.67. The first-order valence-electron chi connectivity index (χ1n) is 13.6. The van der Waals surface area contributed by atoms with E-state index in [-0.39, 0.29) is 5.69 Å². The lowest BCUT2D eigenvalue weighted by molar-refractivity contribution is 0.0994. The Hall–Kier alpha value is -5.57. The van der Waals surface area contributed by atoms with Crippen molar-refractivity contribution in [3.8, 4) is 0 Å². The maximum atomic E-state index is 12.4. The highest BCUT2D eigenvalue weighted by molar-refractivity contribution is 5.99. The Morgan fingerprint density at radius 1 is 0.690 bits per heavy atom. The molecule has 0 aliphatic carbocycles. The number of benzene rings is 3. The average molecular weight is 551 g/mol. The van der Waals surface area contributed by atoms with E-state index in [1.807, 2.05) is 36.4 Å². The second kappa shape index (κ2) is 9.81. The van der Waals surface area contributed by atoms with E-state index >= 15 is 0 Å². The highest BCUT2D eigenvalue weighted by Crippen LogP contribution is 2.51. The third kappa shape index (κ3) is 3.97. The molecule has 0 atom stereocenters. The molecule has 7 rings (SSSR count). The van der Waals surface area contributed by atoms with Crippen LogP contribution in [0.3, 0.4) is 0 Å². The lowest BCUT2D eigenvalue weighted by Crippen LogP contribution is -2.35. The van der Waals surface area contributed by atoms with Crippen LogP contribution in [0.1, 0.15) is 32.7 Å². The molecule has 2 aromatic heterocycles. The fourth-order valence-corrected chi connectivity index (χ4v) is 5.67. The molecule has 2 aliphatic rings. The topological polar surface area (TPSA) is 99.8 Å². The summed E-state index contributed by atoms with van der Waals surface area (Å²) in [5.74, 6) is 1.83. The molecule has 9 heteroatoms. The minimum absolute atomic E-state index is 0.132. The summed E-state index contributed by atoms with van der Waals surface area (Å²) >= 11 is 0. The van der Waals surface area contributed by atoms with Gasteiger partial charge in [0.15, 0.2) is 17.3 Å². The molecule has 0 N–H and O–H groups in total. The van der Waals surface area contributed by atoms with E-state index in [1.165, 1.54) is 6.34 Å². The Morgan fingerprint density at radius 3 is 1.79 bits per heavy atom. The first kappa shape index (κ1) is 25.4. The van der Waals surface area contributed by atoms with Crippen LogP contribution >= 0.6 is 0 Å². The molecule has 204 valence electrons. The van der Waals surface area contributed by atoms with Gasteiger partial charge in [-0.15, -0.1) is 5.10 Å². The van der Waals surface area contributed by atoms with Gasteiger partial charge in [0.05, 0.1) is 28.6 Å². The number of fused-ring (bicyclic) bond motifs is 3. The Bertz CT molecular complexity index is 1990. The van der Waals surface area contributed by atoms with Crippen molar-refractivity contribution in [1.29, 1.82) is 0 Å². The van der Waals surface area contributed by atoms with E-state index in [4.69, 9.17) is 9.97 Å². The van der Waals surface area contributed by atoms with E-state index in [2.05, 4.69) is 94.1 Å². The van der Waals surface area contributed by atoms with Gasteiger partial charge in [0.25, 0.3) is 0 Å². The minimum atomic E-state index is -0.460. The highest BCUT2D eigenvalue weighted by atomic mass is 16.1. The largest absolute Gasteiger partial charge is 0.301 e. The molecule has 0 saturated carbocycles. The van der Waals surface area contributed by atoms with Crippen molar-refractivity contribution in [2.45, 2.75) is 27.7 Å². The molecule has 0 radical (unpaired) electrons. The molecule has 4 heterocycles. The van der Waals surface area contributed by atoms with Crippen molar-refractivity contribution in [3.05, 3.63) is 117 Å². The van der Waals surface area contributed by atoms with Crippen LogP contribution in [0.5, 0.6) is 0 Å². The van der Waals surface area contributed by atoms with E-state index in [9.17, 15) is 4.79 Å². The van der Waals surface area contributed by atoms with Gasteiger partial charge in [-0.3, -0.25) is 14.6 Å². The van der Waals surface area contributed by atoms with E-state index < -0.39 is 5.91 Å². The van der Waals surface area contributed by atoms with Gasteiger partial charge in [-0.1, -0.05) is 48.5 Å². The van der Waals surface area contributed by atoms with Crippen molar-refractivity contribution in [2.24, 2.45) is 9.98 Å². The van der Waals surface area contributed by atoms with Crippen LogP contribution in [-0.4, -0.2) is 32.4 Å². The zero-order valence-electron chi connectivity index (χ0n) is 23.6. The molecule has 0 saturated heterocycles. The third-order valence-corrected chi connectivity index (χ3v) is 7.57. The van der Waals surface area contributed by atoms with Crippen LogP contribution in [-0.2, 0) is 0 Å².